The number of hydrogen-bond acceptors (Lipinski definition) is 5. The maximum absolute atomic E-state index is 13.5. The van der Waals surface area contributed by atoms with E-state index in [0.29, 0.717) is 30.8 Å². The number of rotatable bonds is 5. The number of benzene rings is 2. The van der Waals surface area contributed by atoms with Crippen molar-refractivity contribution in [1.29, 1.82) is 0 Å². The molecule has 6 rings (SSSR count). The number of carbonyl (C=O) groups excluding carboxylic acids is 1. The lowest BCUT2D eigenvalue weighted by Gasteiger charge is -2.14. The van der Waals surface area contributed by atoms with Crippen LogP contribution in [0.15, 0.2) is 48.7 Å². The minimum Gasteiger partial charge on any atom is -0.383 e. The highest BCUT2D eigenvalue weighted by Gasteiger charge is 2.22. The number of H-pyrrole nitrogens is 2. The number of nitrogens with zero attached hydrogens (tertiary/aromatic N) is 4. The number of nitrogens with one attached hydrogen (secondary N) is 2. The lowest BCUT2D eigenvalue weighted by Crippen LogP contribution is -2.20. The molecular formula is C25H24FN7O. The maximum Gasteiger partial charge on any atom is 0.214 e. The van der Waals surface area contributed by atoms with Crippen LogP contribution in [0.1, 0.15) is 33.9 Å². The van der Waals surface area contributed by atoms with Crippen molar-refractivity contribution in [3.05, 3.63) is 71.3 Å². The summed E-state index contributed by atoms with van der Waals surface area (Å²) in [6, 6.07) is 13.5. The van der Waals surface area contributed by atoms with Gasteiger partial charge in [-0.1, -0.05) is 6.07 Å². The third-order valence-corrected chi connectivity index (χ3v) is 6.43. The summed E-state index contributed by atoms with van der Waals surface area (Å²) < 4.78 is 15.0. The Morgan fingerprint density at radius 3 is 2.85 bits per heavy atom. The topological polar surface area (TPSA) is 109 Å². The van der Waals surface area contributed by atoms with Gasteiger partial charge in [0, 0.05) is 30.5 Å². The molecule has 0 saturated carbocycles. The molecule has 2 aromatic carbocycles. The number of likely N-dealkylation sites (tertiary alicyclic amines) is 1. The molecule has 0 spiro atoms. The molecule has 4 heterocycles. The third-order valence-electron chi connectivity index (χ3n) is 6.43. The average Bonchev–Trinajstić information content (AvgIpc) is 3.58. The van der Waals surface area contributed by atoms with Gasteiger partial charge in [0.05, 0.1) is 34.2 Å². The zero-order valence-corrected chi connectivity index (χ0v) is 18.7. The monoisotopic (exact) mass is 457 g/mol. The summed E-state index contributed by atoms with van der Waals surface area (Å²) in [5.74, 6) is 0.870. The van der Waals surface area contributed by atoms with Crippen LogP contribution >= 0.6 is 0 Å². The number of hydrogen-bond donors (Lipinski definition) is 3. The second-order valence-corrected chi connectivity index (χ2v) is 8.93. The number of aryl methyl sites for hydroxylation is 1. The standard InChI is InChI=1S/C25H24FN7O/c1-14-29-21-5-3-18(10-22(21)30-14)33-25(27)19(11-28-33)24(34)23-9-16-8-15(2-4-20(16)31-23)12-32-7-6-17(26)13-32/h2-5,8-11,17,31H,6-7,12-13,27H2,1H3,(H,29,30). The number of carbonyl (C=O) groups is 1. The maximum atomic E-state index is 13.5. The minimum absolute atomic E-state index is 0.224. The molecule has 0 aliphatic carbocycles. The smallest absolute Gasteiger partial charge is 0.214 e. The molecule has 5 aromatic rings. The van der Waals surface area contributed by atoms with Gasteiger partial charge in [0.2, 0.25) is 5.78 Å². The Morgan fingerprint density at radius 1 is 1.18 bits per heavy atom. The molecular weight excluding hydrogens is 433 g/mol. The van der Waals surface area contributed by atoms with Crippen LogP contribution in [-0.2, 0) is 6.54 Å². The highest BCUT2D eigenvalue weighted by Crippen LogP contribution is 2.25. The van der Waals surface area contributed by atoms with Gasteiger partial charge in [0.1, 0.15) is 17.8 Å². The Kier molecular flexibility index (Phi) is 4.73. The molecule has 4 N–H and O–H groups in total. The van der Waals surface area contributed by atoms with Gasteiger partial charge in [-0.25, -0.2) is 14.1 Å². The molecule has 1 aliphatic rings. The van der Waals surface area contributed by atoms with Crippen LogP contribution in [0.25, 0.3) is 27.6 Å². The van der Waals surface area contributed by atoms with Crippen LogP contribution in [0.2, 0.25) is 0 Å². The molecule has 1 unspecified atom stereocenters. The number of imidazole rings is 1. The van der Waals surface area contributed by atoms with Crippen molar-refractivity contribution in [2.75, 3.05) is 18.8 Å². The van der Waals surface area contributed by atoms with Gasteiger partial charge in [0.15, 0.2) is 0 Å². The number of anilines is 1. The number of nitrogens with two attached hydrogens (primary N) is 1. The fourth-order valence-corrected chi connectivity index (χ4v) is 4.73. The van der Waals surface area contributed by atoms with Crippen molar-refractivity contribution in [1.82, 2.24) is 29.6 Å². The van der Waals surface area contributed by atoms with E-state index in [-0.39, 0.29) is 11.6 Å². The van der Waals surface area contributed by atoms with Gasteiger partial charge in [-0.2, -0.15) is 5.10 Å². The van der Waals surface area contributed by atoms with Gasteiger partial charge in [-0.3, -0.25) is 9.69 Å². The second-order valence-electron chi connectivity index (χ2n) is 8.93. The average molecular weight is 458 g/mol. The summed E-state index contributed by atoms with van der Waals surface area (Å²) in [5.41, 5.74) is 11.5. The fraction of sp³-hybridized carbons (Fsp3) is 0.240. The molecule has 1 aliphatic heterocycles. The number of halogens is 1. The van der Waals surface area contributed by atoms with Crippen molar-refractivity contribution in [2.24, 2.45) is 0 Å². The molecule has 9 heteroatoms. The Balaban J connectivity index is 1.28. The number of fused-ring (bicyclic) bond motifs is 2. The number of aromatic amines is 2. The molecule has 34 heavy (non-hydrogen) atoms. The lowest BCUT2D eigenvalue weighted by atomic mass is 10.1. The van der Waals surface area contributed by atoms with Crippen molar-refractivity contribution in [3.63, 3.8) is 0 Å². The van der Waals surface area contributed by atoms with Gasteiger partial charge >= 0.3 is 0 Å². The molecule has 1 saturated heterocycles. The number of nitrogen functional groups attached to an aromatic ring is 1. The fourth-order valence-electron chi connectivity index (χ4n) is 4.73. The van der Waals surface area contributed by atoms with Crippen LogP contribution in [0.5, 0.6) is 0 Å². The molecule has 3 aromatic heterocycles. The Labute approximate surface area is 194 Å². The largest absolute Gasteiger partial charge is 0.383 e. The molecule has 172 valence electrons. The van der Waals surface area contributed by atoms with Crippen LogP contribution in [-0.4, -0.2) is 54.7 Å². The van der Waals surface area contributed by atoms with Gasteiger partial charge < -0.3 is 15.7 Å². The van der Waals surface area contributed by atoms with Crippen LogP contribution in [0.4, 0.5) is 10.2 Å². The van der Waals surface area contributed by atoms with E-state index in [4.69, 9.17) is 5.73 Å². The number of ketones is 1. The van der Waals surface area contributed by atoms with E-state index < -0.39 is 6.17 Å². The Morgan fingerprint density at radius 2 is 2.03 bits per heavy atom. The lowest BCUT2D eigenvalue weighted by molar-refractivity contribution is 0.103. The quantitative estimate of drug-likeness (QED) is 0.347. The van der Waals surface area contributed by atoms with Crippen LogP contribution in [0, 0.1) is 6.92 Å². The van der Waals surface area contributed by atoms with Gasteiger partial charge in [-0.15, -0.1) is 0 Å². The van der Waals surface area contributed by atoms with E-state index in [1.807, 2.05) is 49.4 Å². The van der Waals surface area contributed by atoms with E-state index in [1.165, 1.54) is 6.20 Å². The summed E-state index contributed by atoms with van der Waals surface area (Å²) in [4.78, 5) is 26.2. The SMILES string of the molecule is Cc1nc2cc(-n3ncc(C(=O)c4cc5cc(CN6CCC(F)C6)ccc5[nH]4)c3N)ccc2[nH]1. The first-order valence-electron chi connectivity index (χ1n) is 11.3. The summed E-state index contributed by atoms with van der Waals surface area (Å²) in [6.45, 7) is 3.84. The van der Waals surface area contributed by atoms with Crippen LogP contribution in [0.3, 0.4) is 0 Å². The molecule has 1 fully saturated rings. The highest BCUT2D eigenvalue weighted by atomic mass is 19.1. The minimum atomic E-state index is -0.739. The Bertz CT molecular complexity index is 1550. The third kappa shape index (κ3) is 3.54. The molecule has 0 bridgehead atoms. The first kappa shape index (κ1) is 20.6. The predicted octanol–water partition coefficient (Wildman–Crippen LogP) is 3.90. The highest BCUT2D eigenvalue weighted by molar-refractivity contribution is 6.12. The van der Waals surface area contributed by atoms with E-state index in [9.17, 15) is 9.18 Å². The molecule has 1 atom stereocenters. The van der Waals surface area contributed by atoms with Gasteiger partial charge in [0.25, 0.3) is 0 Å². The van der Waals surface area contributed by atoms with E-state index >= 15 is 0 Å². The molecule has 8 nitrogen and oxygen atoms in total. The van der Waals surface area contributed by atoms with Crippen LogP contribution < -0.4 is 5.73 Å². The summed E-state index contributed by atoms with van der Waals surface area (Å²) in [7, 11) is 0. The molecule has 0 radical (unpaired) electrons. The second kappa shape index (κ2) is 7.81. The van der Waals surface area contributed by atoms with E-state index in [1.54, 1.807) is 4.68 Å². The number of aromatic nitrogens is 5. The first-order chi connectivity index (χ1) is 16.4. The normalized spacial score (nSPS) is 16.7. The summed E-state index contributed by atoms with van der Waals surface area (Å²) in [5, 5.41) is 5.29. The first-order valence-corrected chi connectivity index (χ1v) is 11.3. The predicted molar refractivity (Wildman–Crippen MR) is 129 cm³/mol. The number of alkyl halides is 1. The zero-order chi connectivity index (χ0) is 23.4. The van der Waals surface area contributed by atoms with Gasteiger partial charge in [-0.05, 0) is 55.3 Å². The summed E-state index contributed by atoms with van der Waals surface area (Å²) in [6.07, 6.45) is 1.35. The van der Waals surface area contributed by atoms with Crippen molar-refractivity contribution >= 4 is 33.5 Å². The summed E-state index contributed by atoms with van der Waals surface area (Å²) >= 11 is 0. The Hall–Kier alpha value is -3.98. The van der Waals surface area contributed by atoms with Crippen molar-refractivity contribution in [2.45, 2.75) is 26.1 Å². The zero-order valence-electron chi connectivity index (χ0n) is 18.7. The van der Waals surface area contributed by atoms with E-state index in [2.05, 4.69) is 25.0 Å². The van der Waals surface area contributed by atoms with Crippen molar-refractivity contribution in [3.8, 4) is 5.69 Å². The molecule has 0 amide bonds. The van der Waals surface area contributed by atoms with Crippen molar-refractivity contribution < 1.29 is 9.18 Å². The van der Waals surface area contributed by atoms with E-state index in [0.717, 1.165) is 45.6 Å².